The number of hydrogen-bond donors (Lipinski definition) is 2. The molecule has 1 unspecified atom stereocenters. The monoisotopic (exact) mass is 505 g/mol. The fourth-order valence-corrected chi connectivity index (χ4v) is 3.93. The van der Waals surface area contributed by atoms with Crippen LogP contribution >= 0.6 is 15.9 Å². The number of carboxylic acid groups (broad SMARTS) is 1. The van der Waals surface area contributed by atoms with Gasteiger partial charge in [-0.3, -0.25) is 5.10 Å². The standard InChI is InChI=1S/C24H29BrFN3O3/c1-24(2,3)21(7-5-6-12-29(4)23(30)31)32-16-9-11-17(19(26)14-16)22-18-10-8-15(25)13-20(18)27-28-22/h8-11,13-14,21H,5-7,12H2,1-4H3,(H,27,28)(H,30,31). The van der Waals surface area contributed by atoms with E-state index in [1.54, 1.807) is 19.2 Å². The maximum Gasteiger partial charge on any atom is 0.407 e. The average molecular weight is 506 g/mol. The van der Waals surface area contributed by atoms with Crippen molar-refractivity contribution in [3.05, 3.63) is 46.7 Å². The van der Waals surface area contributed by atoms with Crippen molar-refractivity contribution in [3.63, 3.8) is 0 Å². The van der Waals surface area contributed by atoms with E-state index in [0.717, 1.165) is 34.6 Å². The molecule has 172 valence electrons. The van der Waals surface area contributed by atoms with E-state index in [4.69, 9.17) is 9.84 Å². The lowest BCUT2D eigenvalue weighted by Gasteiger charge is -2.31. The highest BCUT2D eigenvalue weighted by Gasteiger charge is 2.27. The molecule has 2 N–H and O–H groups in total. The minimum atomic E-state index is -0.929. The third-order valence-electron chi connectivity index (χ3n) is 5.50. The molecule has 3 aromatic rings. The van der Waals surface area contributed by atoms with E-state index in [1.165, 1.54) is 11.0 Å². The van der Waals surface area contributed by atoms with E-state index in [1.807, 2.05) is 18.2 Å². The molecule has 6 nitrogen and oxygen atoms in total. The van der Waals surface area contributed by atoms with Crippen LogP contribution in [0.3, 0.4) is 0 Å². The van der Waals surface area contributed by atoms with Gasteiger partial charge in [0, 0.05) is 35.1 Å². The number of aromatic amines is 1. The zero-order valence-corrected chi connectivity index (χ0v) is 20.4. The van der Waals surface area contributed by atoms with Gasteiger partial charge in [-0.05, 0) is 55.0 Å². The quantitative estimate of drug-likeness (QED) is 0.333. The van der Waals surface area contributed by atoms with Crippen LogP contribution in [0.2, 0.25) is 0 Å². The zero-order chi connectivity index (χ0) is 23.5. The van der Waals surface area contributed by atoms with Crippen molar-refractivity contribution in [2.75, 3.05) is 13.6 Å². The Morgan fingerprint density at radius 3 is 2.66 bits per heavy atom. The van der Waals surface area contributed by atoms with Crippen molar-refractivity contribution in [1.82, 2.24) is 15.1 Å². The summed E-state index contributed by atoms with van der Waals surface area (Å²) in [5.41, 5.74) is 1.65. The summed E-state index contributed by atoms with van der Waals surface area (Å²) in [7, 11) is 1.56. The highest BCUT2D eigenvalue weighted by Crippen LogP contribution is 2.33. The van der Waals surface area contributed by atoms with Crippen LogP contribution in [0.1, 0.15) is 40.0 Å². The van der Waals surface area contributed by atoms with Gasteiger partial charge in [-0.15, -0.1) is 0 Å². The van der Waals surface area contributed by atoms with E-state index in [2.05, 4.69) is 46.9 Å². The SMILES string of the molecule is CN(CCCCC(Oc1ccc(-c2n[nH]c3cc(Br)ccc23)c(F)c1)C(C)(C)C)C(=O)O. The zero-order valence-electron chi connectivity index (χ0n) is 18.8. The smallest absolute Gasteiger partial charge is 0.407 e. The Bertz CT molecular complexity index is 1090. The van der Waals surface area contributed by atoms with Crippen LogP contribution in [0.4, 0.5) is 9.18 Å². The Morgan fingerprint density at radius 2 is 2.00 bits per heavy atom. The molecule has 3 rings (SSSR count). The first-order valence-corrected chi connectivity index (χ1v) is 11.4. The first kappa shape index (κ1) is 24.0. The summed E-state index contributed by atoms with van der Waals surface area (Å²) < 4.78 is 22.1. The number of carbonyl (C=O) groups is 1. The predicted octanol–water partition coefficient (Wildman–Crippen LogP) is 6.71. The largest absolute Gasteiger partial charge is 0.490 e. The first-order valence-electron chi connectivity index (χ1n) is 10.6. The average Bonchev–Trinajstić information content (AvgIpc) is 3.12. The van der Waals surface area contributed by atoms with E-state index < -0.39 is 11.9 Å². The Morgan fingerprint density at radius 1 is 1.25 bits per heavy atom. The van der Waals surface area contributed by atoms with Gasteiger partial charge in [-0.2, -0.15) is 5.10 Å². The fraction of sp³-hybridized carbons (Fsp3) is 0.417. The van der Waals surface area contributed by atoms with Crippen molar-refractivity contribution in [3.8, 4) is 17.0 Å². The van der Waals surface area contributed by atoms with E-state index in [9.17, 15) is 4.79 Å². The van der Waals surface area contributed by atoms with Gasteiger partial charge in [0.2, 0.25) is 0 Å². The molecule has 2 aromatic carbocycles. The van der Waals surface area contributed by atoms with Crippen LogP contribution in [0, 0.1) is 11.2 Å². The topological polar surface area (TPSA) is 78.5 Å². The van der Waals surface area contributed by atoms with Crippen LogP contribution in [-0.4, -0.2) is 46.0 Å². The number of nitrogens with zero attached hydrogens (tertiary/aromatic N) is 2. The summed E-state index contributed by atoms with van der Waals surface area (Å²) in [6.07, 6.45) is 1.25. The summed E-state index contributed by atoms with van der Waals surface area (Å²) in [5.74, 6) is 0.0750. The first-order chi connectivity index (χ1) is 15.1. The Hall–Kier alpha value is -2.61. The van der Waals surface area contributed by atoms with Crippen LogP contribution in [-0.2, 0) is 0 Å². The molecule has 0 aliphatic heterocycles. The second-order valence-corrected chi connectivity index (χ2v) is 9.99. The third-order valence-corrected chi connectivity index (χ3v) is 5.99. The molecular weight excluding hydrogens is 477 g/mol. The summed E-state index contributed by atoms with van der Waals surface area (Å²) in [6.45, 7) is 6.73. The Balaban J connectivity index is 1.72. The number of nitrogens with one attached hydrogen (secondary N) is 1. The molecule has 1 atom stereocenters. The number of ether oxygens (including phenoxy) is 1. The highest BCUT2D eigenvalue weighted by molar-refractivity contribution is 9.10. The number of hydrogen-bond acceptors (Lipinski definition) is 3. The summed E-state index contributed by atoms with van der Waals surface area (Å²) in [4.78, 5) is 12.2. The van der Waals surface area contributed by atoms with Gasteiger partial charge in [0.1, 0.15) is 23.4 Å². The number of benzene rings is 2. The summed E-state index contributed by atoms with van der Waals surface area (Å²) in [5, 5.41) is 17.1. The van der Waals surface area contributed by atoms with Gasteiger partial charge in [-0.1, -0.05) is 36.7 Å². The van der Waals surface area contributed by atoms with Gasteiger partial charge in [0.15, 0.2) is 0 Å². The maximum absolute atomic E-state index is 15.0. The molecule has 8 heteroatoms. The molecule has 0 fully saturated rings. The third kappa shape index (κ3) is 5.79. The van der Waals surface area contributed by atoms with Gasteiger partial charge in [0.25, 0.3) is 0 Å². The van der Waals surface area contributed by atoms with Crippen molar-refractivity contribution < 1.29 is 19.0 Å². The number of rotatable bonds is 8. The van der Waals surface area contributed by atoms with E-state index in [-0.39, 0.29) is 11.5 Å². The second kappa shape index (κ2) is 9.90. The summed E-state index contributed by atoms with van der Waals surface area (Å²) in [6, 6.07) is 10.6. The number of halogens is 2. The van der Waals surface area contributed by atoms with Crippen LogP contribution in [0.25, 0.3) is 22.2 Å². The molecule has 0 saturated carbocycles. The van der Waals surface area contributed by atoms with Crippen LogP contribution in [0.5, 0.6) is 5.75 Å². The Labute approximate surface area is 195 Å². The van der Waals surface area contributed by atoms with Crippen LogP contribution < -0.4 is 4.74 Å². The normalized spacial score (nSPS) is 12.7. The van der Waals surface area contributed by atoms with Crippen LogP contribution in [0.15, 0.2) is 40.9 Å². The van der Waals surface area contributed by atoms with Crippen molar-refractivity contribution >= 4 is 32.9 Å². The highest BCUT2D eigenvalue weighted by atomic mass is 79.9. The van der Waals surface area contributed by atoms with Crippen molar-refractivity contribution in [2.45, 2.75) is 46.1 Å². The van der Waals surface area contributed by atoms with E-state index in [0.29, 0.717) is 23.6 Å². The maximum atomic E-state index is 15.0. The number of unbranched alkanes of at least 4 members (excludes halogenated alkanes) is 1. The lowest BCUT2D eigenvalue weighted by Crippen LogP contribution is -2.32. The molecule has 0 aliphatic rings. The Kier molecular flexibility index (Phi) is 7.44. The minimum absolute atomic E-state index is 0.133. The molecule has 1 aromatic heterocycles. The fourth-order valence-electron chi connectivity index (χ4n) is 3.57. The molecule has 0 aliphatic carbocycles. The predicted molar refractivity (Wildman–Crippen MR) is 128 cm³/mol. The molecule has 0 spiro atoms. The summed E-state index contributed by atoms with van der Waals surface area (Å²) >= 11 is 3.43. The number of fused-ring (bicyclic) bond motifs is 1. The van der Waals surface area contributed by atoms with Gasteiger partial charge < -0.3 is 14.7 Å². The lowest BCUT2D eigenvalue weighted by atomic mass is 9.86. The number of H-pyrrole nitrogens is 1. The van der Waals surface area contributed by atoms with Gasteiger partial charge >= 0.3 is 6.09 Å². The number of amides is 1. The molecule has 32 heavy (non-hydrogen) atoms. The second-order valence-electron chi connectivity index (χ2n) is 9.08. The van der Waals surface area contributed by atoms with Gasteiger partial charge in [-0.25, -0.2) is 9.18 Å². The molecule has 0 bridgehead atoms. The van der Waals surface area contributed by atoms with Gasteiger partial charge in [0.05, 0.1) is 5.52 Å². The molecule has 0 radical (unpaired) electrons. The molecular formula is C24H29BrFN3O3. The van der Waals surface area contributed by atoms with Crippen molar-refractivity contribution in [1.29, 1.82) is 0 Å². The lowest BCUT2D eigenvalue weighted by molar-refractivity contribution is 0.0754. The molecule has 0 saturated heterocycles. The minimum Gasteiger partial charge on any atom is -0.490 e. The van der Waals surface area contributed by atoms with Crippen molar-refractivity contribution in [2.24, 2.45) is 5.41 Å². The number of aromatic nitrogens is 2. The molecule has 1 amide bonds. The van der Waals surface area contributed by atoms with E-state index >= 15 is 4.39 Å². The molecule has 1 heterocycles.